The van der Waals surface area contributed by atoms with E-state index < -0.39 is 0 Å². The Morgan fingerprint density at radius 3 is 2.90 bits per heavy atom. The number of amides is 1. The molecule has 0 spiro atoms. The Labute approximate surface area is 183 Å². The summed E-state index contributed by atoms with van der Waals surface area (Å²) in [5.74, 6) is 1.85. The highest BCUT2D eigenvalue weighted by Crippen LogP contribution is 2.12. The van der Waals surface area contributed by atoms with Crippen molar-refractivity contribution < 1.29 is 18.7 Å². The van der Waals surface area contributed by atoms with E-state index in [-0.39, 0.29) is 5.91 Å². The fraction of sp³-hybridized carbons (Fsp3) is 0.478. The van der Waals surface area contributed by atoms with Crippen molar-refractivity contribution in [1.29, 1.82) is 0 Å². The quantitative estimate of drug-likeness (QED) is 0.289. The number of hydrogen-bond acceptors (Lipinski definition) is 5. The van der Waals surface area contributed by atoms with Gasteiger partial charge in [-0.25, -0.2) is 0 Å². The average molecular weight is 429 g/mol. The first-order valence-corrected chi connectivity index (χ1v) is 10.7. The summed E-state index contributed by atoms with van der Waals surface area (Å²) in [6.07, 6.45) is 3.59. The van der Waals surface area contributed by atoms with Gasteiger partial charge < -0.3 is 29.8 Å². The largest absolute Gasteiger partial charge is 0.467 e. The molecule has 31 heavy (non-hydrogen) atoms. The smallest absolute Gasteiger partial charge is 0.251 e. The molecule has 1 aromatic heterocycles. The lowest BCUT2D eigenvalue weighted by Crippen LogP contribution is -2.37. The fourth-order valence-electron chi connectivity index (χ4n) is 3.26. The summed E-state index contributed by atoms with van der Waals surface area (Å²) in [6.45, 7) is 4.88. The molecule has 0 aliphatic carbocycles. The third kappa shape index (κ3) is 8.07. The minimum Gasteiger partial charge on any atom is -0.467 e. The summed E-state index contributed by atoms with van der Waals surface area (Å²) in [6, 6.07) is 11.2. The van der Waals surface area contributed by atoms with Gasteiger partial charge in [0.2, 0.25) is 0 Å². The number of nitrogens with one attached hydrogen (secondary N) is 3. The van der Waals surface area contributed by atoms with Crippen LogP contribution in [-0.4, -0.2) is 51.9 Å². The van der Waals surface area contributed by atoms with Crippen LogP contribution in [0, 0.1) is 5.92 Å². The Morgan fingerprint density at radius 1 is 1.19 bits per heavy atom. The molecule has 1 aliphatic rings. The molecule has 1 fully saturated rings. The van der Waals surface area contributed by atoms with E-state index in [9.17, 15) is 4.79 Å². The molecule has 1 saturated heterocycles. The second kappa shape index (κ2) is 12.8. The van der Waals surface area contributed by atoms with Crippen molar-refractivity contribution in [3.63, 3.8) is 0 Å². The van der Waals surface area contributed by atoms with Gasteiger partial charge in [-0.1, -0.05) is 12.1 Å². The summed E-state index contributed by atoms with van der Waals surface area (Å²) in [5, 5.41) is 9.42. The van der Waals surface area contributed by atoms with Gasteiger partial charge in [0.1, 0.15) is 5.76 Å². The Morgan fingerprint density at radius 2 is 2.13 bits per heavy atom. The Hall–Kier alpha value is -2.84. The number of aliphatic imine (C=N–C) groups is 1. The zero-order valence-corrected chi connectivity index (χ0v) is 18.1. The maximum Gasteiger partial charge on any atom is 0.251 e. The normalized spacial score (nSPS) is 16.3. The van der Waals surface area contributed by atoms with E-state index in [1.54, 1.807) is 25.4 Å². The number of furan rings is 1. The molecule has 2 heterocycles. The van der Waals surface area contributed by atoms with Crippen LogP contribution < -0.4 is 16.0 Å². The summed E-state index contributed by atoms with van der Waals surface area (Å²) in [4.78, 5) is 16.6. The van der Waals surface area contributed by atoms with E-state index in [0.717, 1.165) is 63.1 Å². The molecule has 168 valence electrons. The van der Waals surface area contributed by atoms with Gasteiger partial charge in [0.25, 0.3) is 5.91 Å². The van der Waals surface area contributed by atoms with Crippen molar-refractivity contribution in [3.05, 3.63) is 59.5 Å². The molecule has 0 radical (unpaired) electrons. The molecule has 3 N–H and O–H groups in total. The van der Waals surface area contributed by atoms with Crippen LogP contribution in [-0.2, 0) is 22.6 Å². The second-order valence-corrected chi connectivity index (χ2v) is 7.47. The number of ether oxygens (including phenoxy) is 2. The summed E-state index contributed by atoms with van der Waals surface area (Å²) < 4.78 is 16.3. The predicted molar refractivity (Wildman–Crippen MR) is 119 cm³/mol. The first-order valence-electron chi connectivity index (χ1n) is 10.7. The number of nitrogens with zero attached hydrogens (tertiary/aromatic N) is 1. The lowest BCUT2D eigenvalue weighted by Gasteiger charge is -2.13. The molecule has 0 saturated carbocycles. The van der Waals surface area contributed by atoms with Crippen LogP contribution in [0.15, 0.2) is 52.1 Å². The highest BCUT2D eigenvalue weighted by molar-refractivity contribution is 5.94. The highest BCUT2D eigenvalue weighted by atomic mass is 16.5. The Balaban J connectivity index is 1.33. The molecule has 0 bridgehead atoms. The number of hydrogen-bond donors (Lipinski definition) is 3. The van der Waals surface area contributed by atoms with Gasteiger partial charge in [0.05, 0.1) is 26.0 Å². The summed E-state index contributed by atoms with van der Waals surface area (Å²) in [7, 11) is 1.74. The van der Waals surface area contributed by atoms with Crippen LogP contribution in [0.3, 0.4) is 0 Å². The predicted octanol–water partition coefficient (Wildman–Crippen LogP) is 2.32. The molecular weight excluding hydrogens is 396 g/mol. The number of carbonyl (C=O) groups is 1. The number of benzene rings is 1. The maximum atomic E-state index is 12.4. The molecule has 1 aliphatic heterocycles. The number of rotatable bonds is 11. The van der Waals surface area contributed by atoms with Gasteiger partial charge in [-0.3, -0.25) is 9.79 Å². The van der Waals surface area contributed by atoms with E-state index in [0.29, 0.717) is 24.6 Å². The van der Waals surface area contributed by atoms with Crippen LogP contribution in [0.25, 0.3) is 0 Å². The van der Waals surface area contributed by atoms with Crippen LogP contribution in [0.2, 0.25) is 0 Å². The van der Waals surface area contributed by atoms with Crippen LogP contribution in [0.1, 0.15) is 34.5 Å². The number of guanidine groups is 1. The third-order valence-electron chi connectivity index (χ3n) is 5.01. The molecule has 1 unspecified atom stereocenters. The van der Waals surface area contributed by atoms with Crippen molar-refractivity contribution in [3.8, 4) is 0 Å². The molecule has 8 heteroatoms. The van der Waals surface area contributed by atoms with Crippen LogP contribution >= 0.6 is 0 Å². The van der Waals surface area contributed by atoms with Crippen molar-refractivity contribution in [1.82, 2.24) is 16.0 Å². The van der Waals surface area contributed by atoms with Crippen molar-refractivity contribution in [2.45, 2.75) is 25.9 Å². The Bertz CT molecular complexity index is 817. The van der Waals surface area contributed by atoms with Crippen molar-refractivity contribution >= 4 is 11.9 Å². The first kappa shape index (κ1) is 22.8. The van der Waals surface area contributed by atoms with Crippen LogP contribution in [0.4, 0.5) is 0 Å². The molecule has 2 aromatic rings. The summed E-state index contributed by atoms with van der Waals surface area (Å²) in [5.41, 5.74) is 1.61. The van der Waals surface area contributed by atoms with Gasteiger partial charge in [-0.05, 0) is 42.7 Å². The summed E-state index contributed by atoms with van der Waals surface area (Å²) >= 11 is 0. The van der Waals surface area contributed by atoms with Crippen molar-refractivity contribution in [2.75, 3.05) is 40.0 Å². The molecule has 1 aromatic carbocycles. The SMILES string of the molecule is CN=C(NCCCOCC1CCOC1)NCc1cccc(C(=O)NCc2ccco2)c1. The minimum absolute atomic E-state index is 0.134. The van der Waals surface area contributed by atoms with Gasteiger partial charge in [0.15, 0.2) is 5.96 Å². The van der Waals surface area contributed by atoms with E-state index >= 15 is 0 Å². The van der Waals surface area contributed by atoms with Gasteiger partial charge in [-0.2, -0.15) is 0 Å². The molecule has 1 amide bonds. The molecular formula is C23H32N4O4. The van der Waals surface area contributed by atoms with E-state index in [4.69, 9.17) is 13.9 Å². The minimum atomic E-state index is -0.134. The van der Waals surface area contributed by atoms with E-state index in [1.165, 1.54) is 0 Å². The van der Waals surface area contributed by atoms with Crippen LogP contribution in [0.5, 0.6) is 0 Å². The monoisotopic (exact) mass is 428 g/mol. The Kier molecular flexibility index (Phi) is 9.40. The van der Waals surface area contributed by atoms with E-state index in [2.05, 4.69) is 20.9 Å². The fourth-order valence-corrected chi connectivity index (χ4v) is 3.26. The lowest BCUT2D eigenvalue weighted by molar-refractivity contribution is 0.0888. The first-order chi connectivity index (χ1) is 15.2. The number of carbonyl (C=O) groups excluding carboxylic acids is 1. The maximum absolute atomic E-state index is 12.4. The molecule has 8 nitrogen and oxygen atoms in total. The molecule has 3 rings (SSSR count). The average Bonchev–Trinajstić information content (AvgIpc) is 3.51. The zero-order chi connectivity index (χ0) is 21.7. The standard InChI is InChI=1S/C23H32N4O4/c1-24-23(25-9-4-10-29-16-19-8-12-30-17-19)27-14-18-5-2-6-20(13-18)22(28)26-15-21-7-3-11-31-21/h2-3,5-7,11,13,19H,4,8-10,12,14-17H2,1H3,(H,26,28)(H2,24,25,27). The van der Waals surface area contributed by atoms with Crippen molar-refractivity contribution in [2.24, 2.45) is 10.9 Å². The van der Waals surface area contributed by atoms with Gasteiger partial charge in [0, 0.05) is 44.8 Å². The zero-order valence-electron chi connectivity index (χ0n) is 18.1. The lowest BCUT2D eigenvalue weighted by atomic mass is 10.1. The van der Waals surface area contributed by atoms with Gasteiger partial charge >= 0.3 is 0 Å². The molecule has 1 atom stereocenters. The topological polar surface area (TPSA) is 97.1 Å². The third-order valence-corrected chi connectivity index (χ3v) is 5.01. The van der Waals surface area contributed by atoms with Gasteiger partial charge in [-0.15, -0.1) is 0 Å². The second-order valence-electron chi connectivity index (χ2n) is 7.47. The highest BCUT2D eigenvalue weighted by Gasteiger charge is 2.15. The van der Waals surface area contributed by atoms with E-state index in [1.807, 2.05) is 24.3 Å².